The van der Waals surface area contributed by atoms with Gasteiger partial charge in [0.15, 0.2) is 11.4 Å². The van der Waals surface area contributed by atoms with Crippen molar-refractivity contribution in [2.75, 3.05) is 13.1 Å². The van der Waals surface area contributed by atoms with Gasteiger partial charge >= 0.3 is 0 Å². The zero-order valence-corrected chi connectivity index (χ0v) is 19.3. The van der Waals surface area contributed by atoms with Crippen LogP contribution in [0.5, 0.6) is 5.75 Å². The van der Waals surface area contributed by atoms with Crippen molar-refractivity contribution in [3.63, 3.8) is 0 Å². The molecule has 0 bridgehead atoms. The number of Topliss-reactive ketones (excluding diaryl/α,β-unsaturated/α-hetero) is 2. The molecule has 186 valence electrons. The summed E-state index contributed by atoms with van der Waals surface area (Å²) in [7, 11) is 0. The standard InChI is InChI=1S/C24H24ClFN2O7/c25-19-10(7-28-2-1-12(26)8-28)5-14(29)17-13(19)4-9-3-11-6-15(30)18(23(27)34)22(33)24(11,35)21(32)16(9)20(17)31/h5,9,11-12,29,31,33,35H,1-4,6-8H2,(H2,27,34)/t9-,11+,12-,24+/m1/s1. The molecule has 0 aromatic heterocycles. The molecule has 5 rings (SSSR count). The highest BCUT2D eigenvalue weighted by Crippen LogP contribution is 2.53. The third-order valence-electron chi connectivity index (χ3n) is 7.68. The lowest BCUT2D eigenvalue weighted by atomic mass is 9.59. The lowest BCUT2D eigenvalue weighted by Gasteiger charge is -2.46. The number of carbonyl (C=O) groups excluding carboxylic acids is 3. The number of aromatic hydroxyl groups is 1. The van der Waals surface area contributed by atoms with Crippen molar-refractivity contribution in [1.82, 2.24) is 4.90 Å². The zero-order chi connectivity index (χ0) is 25.4. The Morgan fingerprint density at radius 2 is 1.97 bits per heavy atom. The predicted molar refractivity (Wildman–Crippen MR) is 121 cm³/mol. The highest BCUT2D eigenvalue weighted by Gasteiger charge is 2.60. The van der Waals surface area contributed by atoms with E-state index in [4.69, 9.17) is 17.3 Å². The fourth-order valence-corrected chi connectivity index (χ4v) is 6.30. The highest BCUT2D eigenvalue weighted by atomic mass is 35.5. The first-order chi connectivity index (χ1) is 16.4. The van der Waals surface area contributed by atoms with Crippen molar-refractivity contribution < 1.29 is 39.2 Å². The molecule has 6 N–H and O–H groups in total. The van der Waals surface area contributed by atoms with Gasteiger partial charge in [0.25, 0.3) is 5.91 Å². The molecule has 3 aliphatic carbocycles. The van der Waals surface area contributed by atoms with Crippen LogP contribution >= 0.6 is 11.6 Å². The summed E-state index contributed by atoms with van der Waals surface area (Å²) in [6, 6.07) is 1.36. The Balaban J connectivity index is 1.60. The van der Waals surface area contributed by atoms with Crippen molar-refractivity contribution in [1.29, 1.82) is 0 Å². The molecule has 11 heteroatoms. The molecule has 4 aliphatic rings. The molecule has 0 unspecified atom stereocenters. The van der Waals surface area contributed by atoms with Crippen molar-refractivity contribution in [2.45, 2.75) is 44.0 Å². The second-order valence-electron chi connectivity index (χ2n) is 9.75. The van der Waals surface area contributed by atoms with Gasteiger partial charge in [0.05, 0.1) is 5.56 Å². The minimum atomic E-state index is -2.60. The van der Waals surface area contributed by atoms with Gasteiger partial charge in [-0.05, 0) is 42.4 Å². The SMILES string of the molecule is NC(=O)C1=C(O)[C@@]2(O)C(=O)C3=C(O)c4c(O)cc(CN5CC[C@@H](F)C5)c(Cl)c4C[C@H]3C[C@H]2CC1=O. The molecule has 0 radical (unpaired) electrons. The number of rotatable bonds is 3. The van der Waals surface area contributed by atoms with Crippen LogP contribution in [0, 0.1) is 11.8 Å². The molecule has 35 heavy (non-hydrogen) atoms. The molecule has 9 nitrogen and oxygen atoms in total. The van der Waals surface area contributed by atoms with Crippen LogP contribution in [-0.4, -0.2) is 67.7 Å². The smallest absolute Gasteiger partial charge is 0.255 e. The highest BCUT2D eigenvalue weighted by molar-refractivity contribution is 6.32. The van der Waals surface area contributed by atoms with Gasteiger partial charge < -0.3 is 26.2 Å². The Kier molecular flexibility index (Phi) is 5.46. The number of alkyl halides is 1. The number of primary amides is 1. The summed E-state index contributed by atoms with van der Waals surface area (Å²) in [6.07, 6.45) is -0.756. The minimum absolute atomic E-state index is 0.0277. The summed E-state index contributed by atoms with van der Waals surface area (Å²) < 4.78 is 13.6. The number of likely N-dealkylation sites (tertiary alicyclic amines) is 1. The number of phenolic OH excluding ortho intramolecular Hbond substituents is 1. The molecule has 1 amide bonds. The van der Waals surface area contributed by atoms with Crippen LogP contribution in [-0.2, 0) is 27.3 Å². The molecule has 1 aliphatic heterocycles. The zero-order valence-electron chi connectivity index (χ0n) is 18.6. The number of ketones is 2. The third kappa shape index (κ3) is 3.38. The number of aliphatic hydroxyl groups excluding tert-OH is 2. The average molecular weight is 507 g/mol. The first-order valence-electron chi connectivity index (χ1n) is 11.3. The van der Waals surface area contributed by atoms with E-state index in [-0.39, 0.29) is 47.7 Å². The van der Waals surface area contributed by atoms with Gasteiger partial charge in [0.2, 0.25) is 5.78 Å². The van der Waals surface area contributed by atoms with Crippen LogP contribution in [0.3, 0.4) is 0 Å². The first kappa shape index (κ1) is 23.8. The Morgan fingerprint density at radius 1 is 1.26 bits per heavy atom. The molecule has 2 fully saturated rings. The van der Waals surface area contributed by atoms with E-state index >= 15 is 0 Å². The molecule has 1 saturated carbocycles. The van der Waals surface area contributed by atoms with E-state index < -0.39 is 58.2 Å². The summed E-state index contributed by atoms with van der Waals surface area (Å²) in [4.78, 5) is 39.4. The van der Waals surface area contributed by atoms with Gasteiger partial charge in [0.1, 0.15) is 29.0 Å². The first-order valence-corrected chi connectivity index (χ1v) is 11.7. The number of hydrogen-bond donors (Lipinski definition) is 5. The number of nitrogens with two attached hydrogens (primary N) is 1. The molecule has 1 heterocycles. The Hall–Kier alpha value is -2.95. The summed E-state index contributed by atoms with van der Waals surface area (Å²) in [5.41, 5.74) is 2.41. The number of carbonyl (C=O) groups is 3. The molecule has 0 spiro atoms. The minimum Gasteiger partial charge on any atom is -0.508 e. The third-order valence-corrected chi connectivity index (χ3v) is 8.15. The van der Waals surface area contributed by atoms with Crippen LogP contribution in [0.4, 0.5) is 4.39 Å². The second kappa shape index (κ2) is 8.04. The number of aliphatic hydroxyl groups is 3. The summed E-state index contributed by atoms with van der Waals surface area (Å²) >= 11 is 6.66. The van der Waals surface area contributed by atoms with E-state index in [1.54, 1.807) is 0 Å². The Bertz CT molecular complexity index is 1260. The van der Waals surface area contributed by atoms with Crippen molar-refractivity contribution >= 4 is 34.8 Å². The number of halogens is 2. The number of phenols is 1. The normalized spacial score (nSPS) is 30.9. The Morgan fingerprint density at radius 3 is 2.60 bits per heavy atom. The van der Waals surface area contributed by atoms with Gasteiger partial charge in [-0.3, -0.25) is 19.3 Å². The maximum Gasteiger partial charge on any atom is 0.255 e. The number of fused-ring (bicyclic) bond motifs is 3. The van der Waals surface area contributed by atoms with E-state index in [1.165, 1.54) is 6.07 Å². The number of hydrogen-bond acceptors (Lipinski definition) is 8. The maximum atomic E-state index is 13.6. The van der Waals surface area contributed by atoms with Gasteiger partial charge in [-0.2, -0.15) is 0 Å². The largest absolute Gasteiger partial charge is 0.508 e. The second-order valence-corrected chi connectivity index (χ2v) is 10.1. The molecular weight excluding hydrogens is 483 g/mol. The van der Waals surface area contributed by atoms with Gasteiger partial charge in [-0.15, -0.1) is 0 Å². The summed E-state index contributed by atoms with van der Waals surface area (Å²) in [5.74, 6) is -6.85. The van der Waals surface area contributed by atoms with Crippen molar-refractivity contribution in [3.05, 3.63) is 44.7 Å². The van der Waals surface area contributed by atoms with E-state index in [1.807, 2.05) is 4.90 Å². The fourth-order valence-electron chi connectivity index (χ4n) is 6.01. The van der Waals surface area contributed by atoms with E-state index in [0.29, 0.717) is 30.6 Å². The maximum absolute atomic E-state index is 13.6. The van der Waals surface area contributed by atoms with Crippen LogP contribution in [0.25, 0.3) is 5.76 Å². The molecule has 4 atom stereocenters. The molecular formula is C24H24ClFN2O7. The van der Waals surface area contributed by atoms with Crippen LogP contribution in [0.15, 0.2) is 23.0 Å². The van der Waals surface area contributed by atoms with E-state index in [0.717, 1.165) is 0 Å². The van der Waals surface area contributed by atoms with Crippen LogP contribution < -0.4 is 5.73 Å². The van der Waals surface area contributed by atoms with Gasteiger partial charge in [-0.1, -0.05) is 11.6 Å². The van der Waals surface area contributed by atoms with E-state index in [9.17, 15) is 39.2 Å². The quantitative estimate of drug-likeness (QED) is 0.386. The van der Waals surface area contributed by atoms with E-state index in [2.05, 4.69) is 0 Å². The van der Waals surface area contributed by atoms with Crippen molar-refractivity contribution in [3.8, 4) is 5.75 Å². The number of amides is 1. The van der Waals surface area contributed by atoms with Gasteiger partial charge in [-0.25, -0.2) is 4.39 Å². The molecule has 1 aromatic rings. The fraction of sp³-hybridized carbons (Fsp3) is 0.458. The number of benzene rings is 1. The predicted octanol–water partition coefficient (Wildman–Crippen LogP) is 1.62. The summed E-state index contributed by atoms with van der Waals surface area (Å²) in [5, 5.41) is 43.9. The average Bonchev–Trinajstić information content (AvgIpc) is 3.18. The lowest BCUT2D eigenvalue weighted by Crippen LogP contribution is -2.58. The summed E-state index contributed by atoms with van der Waals surface area (Å²) in [6.45, 7) is 1.09. The van der Waals surface area contributed by atoms with Crippen molar-refractivity contribution in [2.24, 2.45) is 17.6 Å². The van der Waals surface area contributed by atoms with Crippen LogP contribution in [0.1, 0.15) is 36.0 Å². The number of nitrogens with zero attached hydrogens (tertiary/aromatic N) is 1. The monoisotopic (exact) mass is 506 g/mol. The topological polar surface area (TPSA) is 161 Å². The molecule has 1 saturated heterocycles. The van der Waals surface area contributed by atoms with Gasteiger partial charge in [0, 0.05) is 42.6 Å². The Labute approximate surface area is 204 Å². The molecule has 1 aromatic carbocycles. The lowest BCUT2D eigenvalue weighted by molar-refractivity contribution is -0.147. The van der Waals surface area contributed by atoms with Crippen LogP contribution in [0.2, 0.25) is 5.02 Å².